The molecule has 3 N–H and O–H groups in total. The molecule has 1 unspecified atom stereocenters. The van der Waals surface area contributed by atoms with E-state index in [4.69, 9.17) is 17.3 Å². The first-order valence-electron chi connectivity index (χ1n) is 6.99. The average Bonchev–Trinajstić information content (AvgIpc) is 2.47. The van der Waals surface area contributed by atoms with Gasteiger partial charge >= 0.3 is 0 Å². The van der Waals surface area contributed by atoms with Gasteiger partial charge in [0, 0.05) is 32.4 Å². The number of hydrogen-bond acceptors (Lipinski definition) is 4. The van der Waals surface area contributed by atoms with E-state index in [0.29, 0.717) is 18.2 Å². The fourth-order valence-electron chi connectivity index (χ4n) is 2.51. The quantitative estimate of drug-likeness (QED) is 0.796. The van der Waals surface area contributed by atoms with Crippen LogP contribution in [0.15, 0.2) is 18.3 Å². The van der Waals surface area contributed by atoms with Crippen molar-refractivity contribution in [2.75, 3.05) is 26.2 Å². The smallest absolute Gasteiger partial charge is 0.224 e. The highest BCUT2D eigenvalue weighted by atomic mass is 35.5. The second-order valence-electron chi connectivity index (χ2n) is 5.14. The summed E-state index contributed by atoms with van der Waals surface area (Å²) in [6.07, 6.45) is 3.79. The zero-order chi connectivity index (χ0) is 14.4. The Balaban J connectivity index is 1.86. The van der Waals surface area contributed by atoms with E-state index in [1.165, 1.54) is 0 Å². The number of carbonyl (C=O) groups excluding carboxylic acids is 1. The summed E-state index contributed by atoms with van der Waals surface area (Å²) in [5.41, 5.74) is 6.53. The van der Waals surface area contributed by atoms with E-state index in [0.717, 1.165) is 38.0 Å². The van der Waals surface area contributed by atoms with Crippen LogP contribution in [-0.2, 0) is 11.3 Å². The number of nitrogens with one attached hydrogen (secondary N) is 1. The first kappa shape index (κ1) is 15.2. The normalized spacial score (nSPS) is 19.8. The third kappa shape index (κ3) is 4.44. The molecule has 0 radical (unpaired) electrons. The van der Waals surface area contributed by atoms with Gasteiger partial charge in [-0.3, -0.25) is 9.69 Å². The highest BCUT2D eigenvalue weighted by molar-refractivity contribution is 6.29. The molecule has 1 aliphatic heterocycles. The number of nitrogens with two attached hydrogens (primary N) is 1. The van der Waals surface area contributed by atoms with Gasteiger partial charge in [0.2, 0.25) is 5.91 Å². The summed E-state index contributed by atoms with van der Waals surface area (Å²) in [6.45, 7) is 3.65. The number of pyridine rings is 1. The lowest BCUT2D eigenvalue weighted by Gasteiger charge is -2.31. The monoisotopic (exact) mass is 296 g/mol. The minimum Gasteiger partial charge on any atom is -0.355 e. The van der Waals surface area contributed by atoms with Crippen molar-refractivity contribution >= 4 is 17.5 Å². The molecule has 1 atom stereocenters. The van der Waals surface area contributed by atoms with Crippen LogP contribution in [0, 0.1) is 5.92 Å². The largest absolute Gasteiger partial charge is 0.355 e. The van der Waals surface area contributed by atoms with E-state index < -0.39 is 0 Å². The minimum absolute atomic E-state index is 0.0653. The topological polar surface area (TPSA) is 71.2 Å². The molecule has 0 spiro atoms. The van der Waals surface area contributed by atoms with Crippen molar-refractivity contribution in [3.05, 3.63) is 29.0 Å². The fraction of sp³-hybridized carbons (Fsp3) is 0.571. The van der Waals surface area contributed by atoms with Crippen molar-refractivity contribution in [2.24, 2.45) is 11.7 Å². The van der Waals surface area contributed by atoms with Crippen molar-refractivity contribution in [3.63, 3.8) is 0 Å². The molecule has 1 aliphatic rings. The van der Waals surface area contributed by atoms with Gasteiger partial charge in [-0.05, 0) is 31.0 Å². The molecule has 1 aromatic heterocycles. The molecule has 0 aliphatic carbocycles. The first-order chi connectivity index (χ1) is 9.69. The Kier molecular flexibility index (Phi) is 5.76. The molecule has 2 rings (SSSR count). The molecule has 0 aromatic carbocycles. The number of piperidine rings is 1. The van der Waals surface area contributed by atoms with Crippen LogP contribution in [0.1, 0.15) is 18.4 Å². The van der Waals surface area contributed by atoms with Gasteiger partial charge in [0.1, 0.15) is 5.15 Å². The van der Waals surface area contributed by atoms with Crippen molar-refractivity contribution in [1.29, 1.82) is 0 Å². The van der Waals surface area contributed by atoms with Crippen LogP contribution < -0.4 is 11.1 Å². The van der Waals surface area contributed by atoms with Crippen LogP contribution in [-0.4, -0.2) is 42.0 Å². The van der Waals surface area contributed by atoms with Gasteiger partial charge in [0.05, 0.1) is 5.92 Å². The Labute approximate surface area is 124 Å². The van der Waals surface area contributed by atoms with Crippen molar-refractivity contribution < 1.29 is 4.79 Å². The molecule has 6 heteroatoms. The summed E-state index contributed by atoms with van der Waals surface area (Å²) in [4.78, 5) is 18.4. The Morgan fingerprint density at radius 3 is 3.10 bits per heavy atom. The molecule has 1 saturated heterocycles. The first-order valence-corrected chi connectivity index (χ1v) is 7.37. The van der Waals surface area contributed by atoms with Crippen LogP contribution >= 0.6 is 11.6 Å². The number of aromatic nitrogens is 1. The molecule has 5 nitrogen and oxygen atoms in total. The standard InChI is InChI=1S/C14H21ClN4O/c15-13-4-3-11(8-18-13)9-19-7-1-2-12(10-19)14(20)17-6-5-16/h3-4,8,12H,1-2,5-7,9-10,16H2,(H,17,20). The zero-order valence-electron chi connectivity index (χ0n) is 11.5. The average molecular weight is 297 g/mol. The third-order valence-corrected chi connectivity index (χ3v) is 3.74. The number of rotatable bonds is 5. The van der Waals surface area contributed by atoms with Crippen LogP contribution in [0.25, 0.3) is 0 Å². The molecule has 1 amide bonds. The summed E-state index contributed by atoms with van der Waals surface area (Å²) in [6, 6.07) is 3.78. The molecular weight excluding hydrogens is 276 g/mol. The molecule has 110 valence electrons. The summed E-state index contributed by atoms with van der Waals surface area (Å²) in [7, 11) is 0. The van der Waals surface area contributed by atoms with E-state index in [9.17, 15) is 4.79 Å². The maximum atomic E-state index is 12.0. The van der Waals surface area contributed by atoms with E-state index in [-0.39, 0.29) is 11.8 Å². The summed E-state index contributed by atoms with van der Waals surface area (Å²) in [5.74, 6) is 0.185. The van der Waals surface area contributed by atoms with Gasteiger partial charge in [-0.15, -0.1) is 0 Å². The Bertz CT molecular complexity index is 437. The highest BCUT2D eigenvalue weighted by Gasteiger charge is 2.25. The van der Waals surface area contributed by atoms with E-state index in [1.807, 2.05) is 6.07 Å². The van der Waals surface area contributed by atoms with Gasteiger partial charge in [-0.1, -0.05) is 17.7 Å². The lowest BCUT2D eigenvalue weighted by Crippen LogP contribution is -2.43. The lowest BCUT2D eigenvalue weighted by molar-refractivity contribution is -0.126. The van der Waals surface area contributed by atoms with E-state index in [2.05, 4.69) is 15.2 Å². The summed E-state index contributed by atoms with van der Waals surface area (Å²) < 4.78 is 0. The number of carbonyl (C=O) groups is 1. The molecule has 2 heterocycles. The van der Waals surface area contributed by atoms with Crippen molar-refractivity contribution in [3.8, 4) is 0 Å². The third-order valence-electron chi connectivity index (χ3n) is 3.51. The molecular formula is C14H21ClN4O. The number of amides is 1. The molecule has 20 heavy (non-hydrogen) atoms. The van der Waals surface area contributed by atoms with Crippen molar-refractivity contribution in [2.45, 2.75) is 19.4 Å². The summed E-state index contributed by atoms with van der Waals surface area (Å²) in [5, 5.41) is 3.38. The van der Waals surface area contributed by atoms with Crippen molar-refractivity contribution in [1.82, 2.24) is 15.2 Å². The van der Waals surface area contributed by atoms with Gasteiger partial charge in [-0.2, -0.15) is 0 Å². The molecule has 0 bridgehead atoms. The predicted octanol–water partition coefficient (Wildman–Crippen LogP) is 1.02. The highest BCUT2D eigenvalue weighted by Crippen LogP contribution is 2.19. The maximum absolute atomic E-state index is 12.0. The minimum atomic E-state index is 0.0653. The van der Waals surface area contributed by atoms with Gasteiger partial charge in [0.25, 0.3) is 0 Å². The Morgan fingerprint density at radius 2 is 2.40 bits per heavy atom. The van der Waals surface area contributed by atoms with Gasteiger partial charge in [-0.25, -0.2) is 4.98 Å². The molecule has 1 fully saturated rings. The van der Waals surface area contributed by atoms with Crippen LogP contribution in [0.4, 0.5) is 0 Å². The Morgan fingerprint density at radius 1 is 1.55 bits per heavy atom. The Hall–Kier alpha value is -1.17. The van der Waals surface area contributed by atoms with Crippen LogP contribution in [0.2, 0.25) is 5.15 Å². The second-order valence-corrected chi connectivity index (χ2v) is 5.53. The van der Waals surface area contributed by atoms with Crippen LogP contribution in [0.3, 0.4) is 0 Å². The van der Waals surface area contributed by atoms with E-state index >= 15 is 0 Å². The number of likely N-dealkylation sites (tertiary alicyclic amines) is 1. The SMILES string of the molecule is NCCNC(=O)C1CCCN(Cc2ccc(Cl)nc2)C1. The lowest BCUT2D eigenvalue weighted by atomic mass is 9.97. The molecule has 0 saturated carbocycles. The van der Waals surface area contributed by atoms with E-state index in [1.54, 1.807) is 12.3 Å². The van der Waals surface area contributed by atoms with Gasteiger partial charge < -0.3 is 11.1 Å². The maximum Gasteiger partial charge on any atom is 0.224 e. The predicted molar refractivity (Wildman–Crippen MR) is 79.3 cm³/mol. The number of hydrogen-bond donors (Lipinski definition) is 2. The number of nitrogens with zero attached hydrogens (tertiary/aromatic N) is 2. The molecule has 1 aromatic rings. The second kappa shape index (κ2) is 7.57. The van der Waals surface area contributed by atoms with Gasteiger partial charge in [0.15, 0.2) is 0 Å². The number of halogens is 1. The van der Waals surface area contributed by atoms with Crippen LogP contribution in [0.5, 0.6) is 0 Å². The summed E-state index contributed by atoms with van der Waals surface area (Å²) >= 11 is 5.78. The fourth-order valence-corrected chi connectivity index (χ4v) is 2.62. The zero-order valence-corrected chi connectivity index (χ0v) is 12.3.